The van der Waals surface area contributed by atoms with Gasteiger partial charge in [-0.15, -0.1) is 4.31 Å². The topological polar surface area (TPSA) is 47.6 Å². The fraction of sp³-hybridized carbons (Fsp3) is 0.571. The highest BCUT2D eigenvalue weighted by molar-refractivity contribution is 7.89. The highest BCUT2D eigenvalue weighted by Gasteiger charge is 2.42. The third kappa shape index (κ3) is 3.37. The van der Waals surface area contributed by atoms with E-state index in [0.29, 0.717) is 19.7 Å². The molecule has 0 aliphatic carbocycles. The molecule has 4 nitrogen and oxygen atoms in total. The maximum absolute atomic E-state index is 13.3. The lowest BCUT2D eigenvalue weighted by Crippen LogP contribution is -2.57. The average molecular weight is 316 g/mol. The molecule has 0 saturated carbocycles. The van der Waals surface area contributed by atoms with Crippen LogP contribution in [0.15, 0.2) is 23.1 Å². The van der Waals surface area contributed by atoms with Gasteiger partial charge in [-0.3, -0.25) is 0 Å². The lowest BCUT2D eigenvalue weighted by Gasteiger charge is -2.44. The number of hydrogen-bond donors (Lipinski definition) is 1. The van der Waals surface area contributed by atoms with E-state index in [1.807, 2.05) is 0 Å². The van der Waals surface area contributed by atoms with Crippen molar-refractivity contribution in [3.63, 3.8) is 0 Å². The second kappa shape index (κ2) is 6.18. The van der Waals surface area contributed by atoms with Crippen LogP contribution in [0, 0.1) is 11.6 Å². The molecular weight excluding hydrogens is 298 g/mol. The average Bonchev–Trinajstić information content (AvgIpc) is 2.46. The van der Waals surface area contributed by atoms with Crippen LogP contribution in [0.5, 0.6) is 0 Å². The summed E-state index contributed by atoms with van der Waals surface area (Å²) < 4.78 is 46.8. The molecule has 0 amide bonds. The van der Waals surface area contributed by atoms with Crippen LogP contribution in [0.25, 0.3) is 0 Å². The highest BCUT2D eigenvalue weighted by atomic mass is 32.2. The van der Waals surface area contributed by atoms with Crippen LogP contribution in [0.4, 0.5) is 8.78 Å². The van der Waals surface area contributed by atoms with Gasteiger partial charge in [-0.25, -0.2) is 8.78 Å². The SMILES string of the molecule is [O-][S+](c1cc(F)cc(F)c1)N1CCOC2(CCNCC2)C1. The second-order valence-electron chi connectivity index (χ2n) is 5.50. The van der Waals surface area contributed by atoms with Gasteiger partial charge in [-0.2, -0.15) is 0 Å². The van der Waals surface area contributed by atoms with Crippen LogP contribution in [-0.2, 0) is 16.1 Å². The first-order valence-corrected chi connectivity index (χ1v) is 8.16. The summed E-state index contributed by atoms with van der Waals surface area (Å²) >= 11 is -1.57. The van der Waals surface area contributed by atoms with Gasteiger partial charge in [-0.1, -0.05) is 0 Å². The molecule has 7 heteroatoms. The molecule has 2 fully saturated rings. The molecule has 1 N–H and O–H groups in total. The third-order valence-corrected chi connectivity index (χ3v) is 5.42. The van der Waals surface area contributed by atoms with E-state index in [1.54, 1.807) is 4.31 Å². The Hall–Kier alpha value is -0.730. The van der Waals surface area contributed by atoms with Crippen molar-refractivity contribution in [2.45, 2.75) is 23.3 Å². The van der Waals surface area contributed by atoms with Crippen LogP contribution in [0.1, 0.15) is 12.8 Å². The van der Waals surface area contributed by atoms with Crippen LogP contribution in [0.3, 0.4) is 0 Å². The molecule has 1 unspecified atom stereocenters. The number of nitrogens with zero attached hydrogens (tertiary/aromatic N) is 1. The molecule has 2 aliphatic heterocycles. The van der Waals surface area contributed by atoms with Crippen molar-refractivity contribution in [1.29, 1.82) is 0 Å². The number of rotatable bonds is 2. The number of benzene rings is 1. The zero-order valence-electron chi connectivity index (χ0n) is 11.6. The van der Waals surface area contributed by atoms with Crippen molar-refractivity contribution >= 4 is 11.4 Å². The van der Waals surface area contributed by atoms with E-state index in [-0.39, 0.29) is 10.5 Å². The smallest absolute Gasteiger partial charge is 0.179 e. The summed E-state index contributed by atoms with van der Waals surface area (Å²) in [5.41, 5.74) is -0.287. The van der Waals surface area contributed by atoms with Gasteiger partial charge in [0.15, 0.2) is 4.90 Å². The van der Waals surface area contributed by atoms with E-state index in [4.69, 9.17) is 4.74 Å². The first-order valence-electron chi connectivity index (χ1n) is 7.06. The first kappa shape index (κ1) is 15.2. The minimum Gasteiger partial charge on any atom is -0.593 e. The van der Waals surface area contributed by atoms with E-state index in [9.17, 15) is 13.3 Å². The predicted molar refractivity (Wildman–Crippen MR) is 75.1 cm³/mol. The summed E-state index contributed by atoms with van der Waals surface area (Å²) in [4.78, 5) is 0.165. The molecule has 1 aromatic rings. The van der Waals surface area contributed by atoms with Gasteiger partial charge in [0.2, 0.25) is 0 Å². The monoisotopic (exact) mass is 316 g/mol. The fourth-order valence-corrected chi connectivity index (χ4v) is 4.23. The number of hydrogen-bond acceptors (Lipinski definition) is 4. The molecule has 0 aromatic heterocycles. The van der Waals surface area contributed by atoms with E-state index >= 15 is 0 Å². The minimum absolute atomic E-state index is 0.165. The van der Waals surface area contributed by atoms with Crippen molar-refractivity contribution in [2.75, 3.05) is 32.8 Å². The number of morpholine rings is 1. The van der Waals surface area contributed by atoms with E-state index < -0.39 is 23.0 Å². The molecule has 1 atom stereocenters. The molecule has 1 aromatic carbocycles. The van der Waals surface area contributed by atoms with Crippen LogP contribution in [-0.4, -0.2) is 47.2 Å². The summed E-state index contributed by atoms with van der Waals surface area (Å²) in [6, 6.07) is 3.04. The molecule has 3 rings (SSSR count). The zero-order chi connectivity index (χ0) is 14.9. The Balaban J connectivity index is 1.76. The van der Waals surface area contributed by atoms with E-state index in [0.717, 1.165) is 44.1 Å². The lowest BCUT2D eigenvalue weighted by molar-refractivity contribution is -0.105. The molecule has 1 spiro atoms. The van der Waals surface area contributed by atoms with Gasteiger partial charge in [-0.05, 0) is 25.9 Å². The van der Waals surface area contributed by atoms with Gasteiger partial charge in [0, 0.05) is 18.2 Å². The van der Waals surface area contributed by atoms with Gasteiger partial charge < -0.3 is 14.6 Å². The molecule has 0 bridgehead atoms. The van der Waals surface area contributed by atoms with Gasteiger partial charge in [0.1, 0.15) is 11.6 Å². The molecule has 0 radical (unpaired) electrons. The normalized spacial score (nSPS) is 24.1. The predicted octanol–water partition coefficient (Wildman–Crippen LogP) is 1.44. The Bertz CT molecular complexity index is 486. The van der Waals surface area contributed by atoms with Gasteiger partial charge >= 0.3 is 0 Å². The van der Waals surface area contributed by atoms with Gasteiger partial charge in [0.25, 0.3) is 0 Å². The standard InChI is InChI=1S/C14H18F2N2O2S/c15-11-7-12(16)9-13(8-11)21(19)18-5-6-20-14(10-18)1-3-17-4-2-14/h7-9,17H,1-6,10H2. The van der Waals surface area contributed by atoms with Crippen molar-refractivity contribution in [2.24, 2.45) is 0 Å². The Kier molecular flexibility index (Phi) is 4.46. The molecule has 2 heterocycles. The summed E-state index contributed by atoms with van der Waals surface area (Å²) in [6.07, 6.45) is 1.72. The number of ether oxygens (including phenoxy) is 1. The Morgan fingerprint density at radius 1 is 1.19 bits per heavy atom. The highest BCUT2D eigenvalue weighted by Crippen LogP contribution is 2.30. The minimum atomic E-state index is -1.57. The number of piperidine rings is 1. The van der Waals surface area contributed by atoms with Crippen LogP contribution in [0.2, 0.25) is 0 Å². The Morgan fingerprint density at radius 2 is 1.86 bits per heavy atom. The van der Waals surface area contributed by atoms with Crippen molar-refractivity contribution in [3.8, 4) is 0 Å². The second-order valence-corrected chi connectivity index (χ2v) is 6.99. The fourth-order valence-electron chi connectivity index (χ4n) is 2.91. The molecular formula is C14H18F2N2O2S. The maximum Gasteiger partial charge on any atom is 0.179 e. The lowest BCUT2D eigenvalue weighted by atomic mass is 9.91. The van der Waals surface area contributed by atoms with Crippen molar-refractivity contribution in [3.05, 3.63) is 29.8 Å². The van der Waals surface area contributed by atoms with Crippen LogP contribution >= 0.6 is 0 Å². The summed E-state index contributed by atoms with van der Waals surface area (Å²) in [6.45, 7) is 3.26. The Labute approximate surface area is 125 Å². The third-order valence-electron chi connectivity index (χ3n) is 4.00. The zero-order valence-corrected chi connectivity index (χ0v) is 12.4. The molecule has 116 valence electrons. The molecule has 21 heavy (non-hydrogen) atoms. The van der Waals surface area contributed by atoms with E-state index in [2.05, 4.69) is 5.32 Å². The van der Waals surface area contributed by atoms with Crippen LogP contribution < -0.4 is 5.32 Å². The summed E-state index contributed by atoms with van der Waals surface area (Å²) in [5, 5.41) is 3.27. The first-order chi connectivity index (χ1) is 10.1. The largest absolute Gasteiger partial charge is 0.593 e. The van der Waals surface area contributed by atoms with Gasteiger partial charge in [0.05, 0.1) is 36.7 Å². The number of nitrogens with one attached hydrogen (secondary N) is 1. The molecule has 2 aliphatic rings. The molecule has 2 saturated heterocycles. The summed E-state index contributed by atoms with van der Waals surface area (Å²) in [5.74, 6) is -1.41. The van der Waals surface area contributed by atoms with E-state index in [1.165, 1.54) is 0 Å². The maximum atomic E-state index is 13.3. The number of halogens is 2. The van der Waals surface area contributed by atoms with Crippen molar-refractivity contribution < 1.29 is 18.1 Å². The van der Waals surface area contributed by atoms with Crippen molar-refractivity contribution in [1.82, 2.24) is 9.62 Å². The summed E-state index contributed by atoms with van der Waals surface area (Å²) in [7, 11) is 0. The Morgan fingerprint density at radius 3 is 2.52 bits per heavy atom. The quantitative estimate of drug-likeness (QED) is 0.839.